The van der Waals surface area contributed by atoms with Gasteiger partial charge < -0.3 is 10.3 Å². The molecule has 0 bridgehead atoms. The lowest BCUT2D eigenvalue weighted by molar-refractivity contribution is 0.284. The normalized spacial score (nSPS) is 15.7. The predicted octanol–water partition coefficient (Wildman–Crippen LogP) is 3.38. The Hall–Kier alpha value is -3.14. The van der Waals surface area contributed by atoms with Crippen molar-refractivity contribution in [1.29, 1.82) is 5.26 Å². The number of benzene rings is 2. The van der Waals surface area contributed by atoms with E-state index in [1.165, 1.54) is 17.4 Å². The molecule has 5 rings (SSSR count). The maximum absolute atomic E-state index is 9.08. The number of aromatic amines is 2. The highest BCUT2D eigenvalue weighted by Crippen LogP contribution is 2.29. The summed E-state index contributed by atoms with van der Waals surface area (Å²) in [4.78, 5) is 6.01. The molecule has 0 amide bonds. The zero-order valence-corrected chi connectivity index (χ0v) is 15.6. The van der Waals surface area contributed by atoms with Crippen LogP contribution in [0.4, 0.5) is 0 Å². The quantitative estimate of drug-likeness (QED) is 0.516. The standard InChI is InChI=1S/C22H22N6/c23-13-15-2-4-18-20(11-15)26-27-22(18)21-12-17-10-16(3-5-19(17)25-21)14-28-8-1-6-24-7-9-28/h2-5,10-12,24-25H,1,6-9,14H2,(H,26,27). The molecule has 1 aliphatic rings. The first-order chi connectivity index (χ1) is 13.8. The third-order valence-corrected chi connectivity index (χ3v) is 5.47. The first kappa shape index (κ1) is 17.0. The number of fused-ring (bicyclic) bond motifs is 2. The molecule has 0 atom stereocenters. The summed E-state index contributed by atoms with van der Waals surface area (Å²) in [6, 6.07) is 16.6. The van der Waals surface area contributed by atoms with Crippen molar-refractivity contribution in [2.24, 2.45) is 0 Å². The Balaban J connectivity index is 1.46. The number of H-pyrrole nitrogens is 2. The molecule has 1 fully saturated rings. The Morgan fingerprint density at radius 1 is 1.04 bits per heavy atom. The van der Waals surface area contributed by atoms with Crippen molar-refractivity contribution in [2.75, 3.05) is 26.2 Å². The summed E-state index contributed by atoms with van der Waals surface area (Å²) in [5.74, 6) is 0. The van der Waals surface area contributed by atoms with Crippen molar-refractivity contribution in [2.45, 2.75) is 13.0 Å². The summed E-state index contributed by atoms with van der Waals surface area (Å²) in [5, 5.41) is 22.3. The number of nitrogens with zero attached hydrogens (tertiary/aromatic N) is 3. The number of rotatable bonds is 3. The summed E-state index contributed by atoms with van der Waals surface area (Å²) >= 11 is 0. The minimum atomic E-state index is 0.632. The number of nitriles is 1. The zero-order valence-electron chi connectivity index (χ0n) is 15.6. The fourth-order valence-electron chi connectivity index (χ4n) is 4.02. The predicted molar refractivity (Wildman–Crippen MR) is 111 cm³/mol. The van der Waals surface area contributed by atoms with E-state index in [0.717, 1.165) is 60.5 Å². The summed E-state index contributed by atoms with van der Waals surface area (Å²) in [6.45, 7) is 5.41. The van der Waals surface area contributed by atoms with E-state index in [1.807, 2.05) is 18.2 Å². The van der Waals surface area contributed by atoms with Gasteiger partial charge in [-0.05, 0) is 61.5 Å². The molecule has 140 valence electrons. The molecule has 0 spiro atoms. The summed E-state index contributed by atoms with van der Waals surface area (Å²) in [7, 11) is 0. The van der Waals surface area contributed by atoms with Crippen LogP contribution in [0.2, 0.25) is 0 Å². The Bertz CT molecular complexity index is 1170. The molecule has 28 heavy (non-hydrogen) atoms. The van der Waals surface area contributed by atoms with Gasteiger partial charge in [-0.25, -0.2) is 0 Å². The van der Waals surface area contributed by atoms with Crippen LogP contribution in [0.1, 0.15) is 17.5 Å². The third-order valence-electron chi connectivity index (χ3n) is 5.47. The van der Waals surface area contributed by atoms with Crippen LogP contribution in [0.5, 0.6) is 0 Å². The van der Waals surface area contributed by atoms with Crippen molar-refractivity contribution in [3.8, 4) is 17.5 Å². The minimum Gasteiger partial charge on any atom is -0.353 e. The highest BCUT2D eigenvalue weighted by molar-refractivity contribution is 5.96. The van der Waals surface area contributed by atoms with Gasteiger partial charge in [0.05, 0.1) is 22.8 Å². The van der Waals surface area contributed by atoms with E-state index < -0.39 is 0 Å². The maximum Gasteiger partial charge on any atom is 0.116 e. The van der Waals surface area contributed by atoms with Gasteiger partial charge in [-0.15, -0.1) is 0 Å². The highest BCUT2D eigenvalue weighted by atomic mass is 15.1. The molecule has 0 aliphatic carbocycles. The van der Waals surface area contributed by atoms with Crippen molar-refractivity contribution >= 4 is 21.8 Å². The van der Waals surface area contributed by atoms with E-state index in [4.69, 9.17) is 5.26 Å². The van der Waals surface area contributed by atoms with Gasteiger partial charge in [0, 0.05) is 35.9 Å². The van der Waals surface area contributed by atoms with Gasteiger partial charge in [-0.2, -0.15) is 10.4 Å². The van der Waals surface area contributed by atoms with Crippen LogP contribution < -0.4 is 5.32 Å². The van der Waals surface area contributed by atoms with Crippen LogP contribution >= 0.6 is 0 Å². The first-order valence-electron chi connectivity index (χ1n) is 9.73. The third kappa shape index (κ3) is 3.15. The molecular weight excluding hydrogens is 348 g/mol. The number of hydrogen-bond donors (Lipinski definition) is 3. The van der Waals surface area contributed by atoms with Gasteiger partial charge >= 0.3 is 0 Å². The van der Waals surface area contributed by atoms with E-state index in [1.54, 1.807) is 0 Å². The van der Waals surface area contributed by atoms with Crippen LogP contribution in [-0.2, 0) is 6.54 Å². The summed E-state index contributed by atoms with van der Waals surface area (Å²) in [5.41, 5.74) is 5.83. The molecule has 3 N–H and O–H groups in total. The zero-order chi connectivity index (χ0) is 18.9. The number of nitrogens with one attached hydrogen (secondary N) is 3. The van der Waals surface area contributed by atoms with Crippen LogP contribution in [0.25, 0.3) is 33.2 Å². The van der Waals surface area contributed by atoms with Crippen molar-refractivity contribution < 1.29 is 0 Å². The molecule has 2 aromatic carbocycles. The first-order valence-corrected chi connectivity index (χ1v) is 9.73. The average Bonchev–Trinajstić information content (AvgIpc) is 3.23. The molecule has 6 nitrogen and oxygen atoms in total. The van der Waals surface area contributed by atoms with Crippen LogP contribution in [0.3, 0.4) is 0 Å². The molecule has 3 heterocycles. The number of hydrogen-bond acceptors (Lipinski definition) is 4. The lowest BCUT2D eigenvalue weighted by atomic mass is 10.1. The smallest absolute Gasteiger partial charge is 0.116 e. The Morgan fingerprint density at radius 3 is 2.93 bits per heavy atom. The largest absolute Gasteiger partial charge is 0.353 e. The maximum atomic E-state index is 9.08. The van der Waals surface area contributed by atoms with Crippen molar-refractivity contribution in [3.63, 3.8) is 0 Å². The molecule has 1 aliphatic heterocycles. The lowest BCUT2D eigenvalue weighted by Gasteiger charge is -2.19. The van der Waals surface area contributed by atoms with Gasteiger partial charge in [-0.1, -0.05) is 6.07 Å². The number of aromatic nitrogens is 3. The average molecular weight is 370 g/mol. The summed E-state index contributed by atoms with van der Waals surface area (Å²) in [6.07, 6.45) is 1.20. The highest BCUT2D eigenvalue weighted by Gasteiger charge is 2.13. The van der Waals surface area contributed by atoms with Gasteiger partial charge in [0.15, 0.2) is 0 Å². The molecule has 6 heteroatoms. The Labute approximate surface area is 163 Å². The Kier molecular flexibility index (Phi) is 4.32. The lowest BCUT2D eigenvalue weighted by Crippen LogP contribution is -2.27. The second-order valence-corrected chi connectivity index (χ2v) is 7.43. The molecule has 4 aromatic rings. The van der Waals surface area contributed by atoms with Gasteiger partial charge in [-0.3, -0.25) is 10.00 Å². The van der Waals surface area contributed by atoms with E-state index in [-0.39, 0.29) is 0 Å². The Morgan fingerprint density at radius 2 is 2.00 bits per heavy atom. The van der Waals surface area contributed by atoms with E-state index in [0.29, 0.717) is 5.56 Å². The topological polar surface area (TPSA) is 83.5 Å². The minimum absolute atomic E-state index is 0.632. The van der Waals surface area contributed by atoms with E-state index in [2.05, 4.69) is 55.7 Å². The van der Waals surface area contributed by atoms with Gasteiger partial charge in [0.25, 0.3) is 0 Å². The summed E-state index contributed by atoms with van der Waals surface area (Å²) < 4.78 is 0. The van der Waals surface area contributed by atoms with Gasteiger partial charge in [0.2, 0.25) is 0 Å². The molecule has 0 radical (unpaired) electrons. The second-order valence-electron chi connectivity index (χ2n) is 7.43. The molecular formula is C22H22N6. The van der Waals surface area contributed by atoms with Crippen molar-refractivity contribution in [3.05, 3.63) is 53.6 Å². The fraction of sp³-hybridized carbons (Fsp3) is 0.273. The molecule has 0 saturated carbocycles. The monoisotopic (exact) mass is 370 g/mol. The SMILES string of the molecule is N#Cc1ccc2c(-c3cc4cc(CN5CCCNCC5)ccc4[nH]3)n[nH]c2c1. The van der Waals surface area contributed by atoms with Crippen LogP contribution in [0.15, 0.2) is 42.5 Å². The van der Waals surface area contributed by atoms with Crippen molar-refractivity contribution in [1.82, 2.24) is 25.4 Å². The molecule has 1 saturated heterocycles. The molecule has 0 unspecified atom stereocenters. The fourth-order valence-corrected chi connectivity index (χ4v) is 4.02. The van der Waals surface area contributed by atoms with E-state index in [9.17, 15) is 0 Å². The van der Waals surface area contributed by atoms with E-state index >= 15 is 0 Å². The molecule has 2 aromatic heterocycles. The van der Waals surface area contributed by atoms with Crippen LogP contribution in [-0.4, -0.2) is 46.3 Å². The van der Waals surface area contributed by atoms with Gasteiger partial charge in [0.1, 0.15) is 5.69 Å². The second kappa shape index (κ2) is 7.12. The van der Waals surface area contributed by atoms with Crippen LogP contribution in [0, 0.1) is 11.3 Å².